The molecule has 0 aliphatic carbocycles. The third kappa shape index (κ3) is 2.15. The standard InChI is InChI=1S/C11H7NO7/c13-9(14)8-7(10(15)19-11(8)16)5-1-3-6(4-2-5)12(17)18/h1-4,7-8H,(H,13,14). The molecule has 0 amide bonds. The minimum absolute atomic E-state index is 0.189. The molecule has 1 aromatic rings. The first-order valence-corrected chi connectivity index (χ1v) is 5.14. The van der Waals surface area contributed by atoms with Crippen LogP contribution >= 0.6 is 0 Å². The first-order valence-electron chi connectivity index (χ1n) is 5.14. The highest BCUT2D eigenvalue weighted by atomic mass is 16.6. The molecule has 1 aromatic carbocycles. The van der Waals surface area contributed by atoms with E-state index < -0.39 is 34.7 Å². The number of carbonyl (C=O) groups is 3. The zero-order valence-electron chi connectivity index (χ0n) is 9.31. The number of nitro benzene ring substituents is 1. The number of cyclic esters (lactones) is 2. The molecule has 8 nitrogen and oxygen atoms in total. The lowest BCUT2D eigenvalue weighted by Crippen LogP contribution is -2.24. The number of non-ortho nitro benzene ring substituents is 1. The van der Waals surface area contributed by atoms with Crippen molar-refractivity contribution in [2.24, 2.45) is 5.92 Å². The maximum Gasteiger partial charge on any atom is 0.329 e. The molecule has 2 rings (SSSR count). The van der Waals surface area contributed by atoms with Gasteiger partial charge in [-0.3, -0.25) is 24.5 Å². The normalized spacial score (nSPS) is 22.1. The number of carboxylic acid groups (broad SMARTS) is 1. The Kier molecular flexibility index (Phi) is 2.99. The van der Waals surface area contributed by atoms with Crippen molar-refractivity contribution in [1.29, 1.82) is 0 Å². The largest absolute Gasteiger partial charge is 0.481 e. The summed E-state index contributed by atoms with van der Waals surface area (Å²) in [5.74, 6) is -6.45. The summed E-state index contributed by atoms with van der Waals surface area (Å²) in [5.41, 5.74) is -0.0119. The average molecular weight is 265 g/mol. The van der Waals surface area contributed by atoms with Crippen molar-refractivity contribution in [2.45, 2.75) is 5.92 Å². The second-order valence-corrected chi connectivity index (χ2v) is 3.88. The van der Waals surface area contributed by atoms with Crippen LogP contribution in [0, 0.1) is 16.0 Å². The number of esters is 2. The third-order valence-corrected chi connectivity index (χ3v) is 2.77. The molecule has 1 aliphatic heterocycles. The Bertz CT molecular complexity index is 577. The highest BCUT2D eigenvalue weighted by Gasteiger charge is 2.49. The molecule has 0 radical (unpaired) electrons. The number of carbonyl (C=O) groups excluding carboxylic acids is 2. The maximum atomic E-state index is 11.5. The monoisotopic (exact) mass is 265 g/mol. The van der Waals surface area contributed by atoms with Crippen LogP contribution < -0.4 is 0 Å². The van der Waals surface area contributed by atoms with Crippen molar-refractivity contribution in [3.05, 3.63) is 39.9 Å². The van der Waals surface area contributed by atoms with Crippen LogP contribution in [0.3, 0.4) is 0 Å². The van der Waals surface area contributed by atoms with E-state index in [1.54, 1.807) is 0 Å². The summed E-state index contributed by atoms with van der Waals surface area (Å²) >= 11 is 0. The number of nitro groups is 1. The maximum absolute atomic E-state index is 11.5. The van der Waals surface area contributed by atoms with Crippen molar-refractivity contribution in [3.8, 4) is 0 Å². The van der Waals surface area contributed by atoms with E-state index in [-0.39, 0.29) is 11.3 Å². The fourth-order valence-electron chi connectivity index (χ4n) is 1.87. The Morgan fingerprint density at radius 2 is 1.79 bits per heavy atom. The van der Waals surface area contributed by atoms with Gasteiger partial charge < -0.3 is 9.84 Å². The van der Waals surface area contributed by atoms with E-state index in [1.165, 1.54) is 12.1 Å². The van der Waals surface area contributed by atoms with Gasteiger partial charge in [0.25, 0.3) is 5.69 Å². The molecular weight excluding hydrogens is 258 g/mol. The molecule has 19 heavy (non-hydrogen) atoms. The predicted molar refractivity (Wildman–Crippen MR) is 58.1 cm³/mol. The smallest absolute Gasteiger partial charge is 0.329 e. The number of carboxylic acids is 1. The summed E-state index contributed by atoms with van der Waals surface area (Å²) in [6, 6.07) is 4.73. The molecule has 2 unspecified atom stereocenters. The van der Waals surface area contributed by atoms with Gasteiger partial charge >= 0.3 is 17.9 Å². The van der Waals surface area contributed by atoms with Gasteiger partial charge in [-0.15, -0.1) is 0 Å². The fraction of sp³-hybridized carbons (Fsp3) is 0.182. The van der Waals surface area contributed by atoms with Gasteiger partial charge in [-0.1, -0.05) is 12.1 Å². The Balaban J connectivity index is 2.38. The minimum atomic E-state index is -1.62. The van der Waals surface area contributed by atoms with Gasteiger partial charge in [-0.25, -0.2) is 0 Å². The first-order chi connectivity index (χ1) is 8.91. The molecule has 1 saturated heterocycles. The Morgan fingerprint density at radius 3 is 2.26 bits per heavy atom. The van der Waals surface area contributed by atoms with E-state index in [4.69, 9.17) is 5.11 Å². The molecule has 1 N–H and O–H groups in total. The van der Waals surface area contributed by atoms with Crippen LogP contribution in [0.25, 0.3) is 0 Å². The van der Waals surface area contributed by atoms with E-state index in [0.29, 0.717) is 0 Å². The van der Waals surface area contributed by atoms with Crippen molar-refractivity contribution >= 4 is 23.6 Å². The molecule has 1 aliphatic rings. The van der Waals surface area contributed by atoms with Crippen LogP contribution in [-0.4, -0.2) is 27.9 Å². The van der Waals surface area contributed by atoms with Crippen LogP contribution in [0.5, 0.6) is 0 Å². The van der Waals surface area contributed by atoms with Gasteiger partial charge in [0, 0.05) is 12.1 Å². The highest BCUT2D eigenvalue weighted by Crippen LogP contribution is 2.34. The summed E-state index contributed by atoms with van der Waals surface area (Å²) in [6.07, 6.45) is 0. The summed E-state index contributed by atoms with van der Waals surface area (Å²) < 4.78 is 4.29. The Labute approximate surface area is 105 Å². The molecule has 0 saturated carbocycles. The number of hydrogen-bond acceptors (Lipinski definition) is 6. The van der Waals surface area contributed by atoms with Crippen LogP contribution in [0.2, 0.25) is 0 Å². The number of ether oxygens (including phenoxy) is 1. The van der Waals surface area contributed by atoms with E-state index in [2.05, 4.69) is 4.74 Å². The summed E-state index contributed by atoms with van der Waals surface area (Å²) in [4.78, 5) is 43.5. The van der Waals surface area contributed by atoms with Gasteiger partial charge in [-0.05, 0) is 5.56 Å². The molecule has 0 spiro atoms. The number of benzene rings is 1. The lowest BCUT2D eigenvalue weighted by atomic mass is 9.88. The zero-order valence-corrected chi connectivity index (χ0v) is 9.31. The predicted octanol–water partition coefficient (Wildman–Crippen LogP) is 0.463. The van der Waals surface area contributed by atoms with Crippen molar-refractivity contribution < 1.29 is 29.2 Å². The van der Waals surface area contributed by atoms with Gasteiger partial charge in [-0.2, -0.15) is 0 Å². The fourth-order valence-corrected chi connectivity index (χ4v) is 1.87. The second kappa shape index (κ2) is 4.48. The van der Waals surface area contributed by atoms with E-state index in [9.17, 15) is 24.5 Å². The van der Waals surface area contributed by atoms with Gasteiger partial charge in [0.05, 0.1) is 4.92 Å². The number of nitrogens with zero attached hydrogens (tertiary/aromatic N) is 1. The molecule has 0 bridgehead atoms. The van der Waals surface area contributed by atoms with Crippen molar-refractivity contribution in [1.82, 2.24) is 0 Å². The molecule has 98 valence electrons. The molecule has 1 heterocycles. The highest BCUT2D eigenvalue weighted by molar-refractivity contribution is 6.09. The van der Waals surface area contributed by atoms with E-state index in [0.717, 1.165) is 12.1 Å². The average Bonchev–Trinajstić information content (AvgIpc) is 2.64. The zero-order chi connectivity index (χ0) is 14.2. The summed E-state index contributed by atoms with van der Waals surface area (Å²) in [6.45, 7) is 0. The number of hydrogen-bond donors (Lipinski definition) is 1. The molecule has 1 fully saturated rings. The lowest BCUT2D eigenvalue weighted by Gasteiger charge is -2.09. The SMILES string of the molecule is O=C(O)C1C(=O)OC(=O)C1c1ccc([N+](=O)[O-])cc1. The van der Waals surface area contributed by atoms with Gasteiger partial charge in [0.1, 0.15) is 5.92 Å². The number of rotatable bonds is 3. The lowest BCUT2D eigenvalue weighted by molar-refractivity contribution is -0.384. The van der Waals surface area contributed by atoms with Crippen molar-refractivity contribution in [2.75, 3.05) is 0 Å². The molecule has 0 aromatic heterocycles. The minimum Gasteiger partial charge on any atom is -0.481 e. The van der Waals surface area contributed by atoms with Crippen molar-refractivity contribution in [3.63, 3.8) is 0 Å². The molecule has 8 heteroatoms. The van der Waals surface area contributed by atoms with Gasteiger partial charge in [0.2, 0.25) is 0 Å². The van der Waals surface area contributed by atoms with Gasteiger partial charge in [0.15, 0.2) is 5.92 Å². The molecular formula is C11H7NO7. The summed E-state index contributed by atoms with van der Waals surface area (Å²) in [5, 5.41) is 19.4. The van der Waals surface area contributed by atoms with Crippen LogP contribution in [0.1, 0.15) is 11.5 Å². The Morgan fingerprint density at radius 1 is 1.21 bits per heavy atom. The topological polar surface area (TPSA) is 124 Å². The van der Waals surface area contributed by atoms with Crippen LogP contribution in [-0.2, 0) is 19.1 Å². The third-order valence-electron chi connectivity index (χ3n) is 2.77. The second-order valence-electron chi connectivity index (χ2n) is 3.88. The Hall–Kier alpha value is -2.77. The van der Waals surface area contributed by atoms with Crippen LogP contribution in [0.4, 0.5) is 5.69 Å². The van der Waals surface area contributed by atoms with E-state index >= 15 is 0 Å². The van der Waals surface area contributed by atoms with E-state index in [1.807, 2.05) is 0 Å². The van der Waals surface area contributed by atoms with Crippen LogP contribution in [0.15, 0.2) is 24.3 Å². The first kappa shape index (κ1) is 12.7. The quantitative estimate of drug-likeness (QED) is 0.364. The molecule has 2 atom stereocenters. The summed E-state index contributed by atoms with van der Waals surface area (Å²) in [7, 11) is 0. The number of aliphatic carboxylic acids is 1.